The maximum atomic E-state index is 13.2. The van der Waals surface area contributed by atoms with Gasteiger partial charge < -0.3 is 14.8 Å². The number of thiazole rings is 1. The number of aryl methyl sites for hydroxylation is 1. The molecule has 0 bridgehead atoms. The molecule has 33 heavy (non-hydrogen) atoms. The van der Waals surface area contributed by atoms with E-state index >= 15 is 0 Å². The van der Waals surface area contributed by atoms with Crippen LogP contribution in [0.3, 0.4) is 0 Å². The van der Waals surface area contributed by atoms with Gasteiger partial charge in [0, 0.05) is 36.4 Å². The van der Waals surface area contributed by atoms with Gasteiger partial charge in [-0.2, -0.15) is 0 Å². The Hall–Kier alpha value is -3.30. The predicted molar refractivity (Wildman–Crippen MR) is 131 cm³/mol. The molecule has 0 aliphatic carbocycles. The van der Waals surface area contributed by atoms with E-state index in [0.717, 1.165) is 33.3 Å². The van der Waals surface area contributed by atoms with Crippen LogP contribution in [-0.4, -0.2) is 43.8 Å². The van der Waals surface area contributed by atoms with E-state index in [2.05, 4.69) is 10.3 Å². The Morgan fingerprint density at radius 1 is 1.18 bits per heavy atom. The molecule has 1 saturated heterocycles. The van der Waals surface area contributed by atoms with Gasteiger partial charge in [0.15, 0.2) is 11.0 Å². The second-order valence-electron chi connectivity index (χ2n) is 7.92. The van der Waals surface area contributed by atoms with Gasteiger partial charge in [0.05, 0.1) is 17.0 Å². The van der Waals surface area contributed by atoms with Crippen LogP contribution < -0.4 is 5.32 Å². The van der Waals surface area contributed by atoms with Crippen molar-refractivity contribution >= 4 is 39.6 Å². The Kier molecular flexibility index (Phi) is 6.06. The van der Waals surface area contributed by atoms with Crippen molar-refractivity contribution in [3.63, 3.8) is 0 Å². The third-order valence-corrected chi connectivity index (χ3v) is 7.55. The highest BCUT2D eigenvalue weighted by Gasteiger charge is 2.34. The van der Waals surface area contributed by atoms with Gasteiger partial charge >= 0.3 is 0 Å². The molecule has 5 rings (SSSR count). The van der Waals surface area contributed by atoms with Gasteiger partial charge in [-0.25, -0.2) is 9.97 Å². The quantitative estimate of drug-likeness (QED) is 0.445. The van der Waals surface area contributed by atoms with Crippen LogP contribution in [-0.2, 0) is 23.1 Å². The molecule has 1 unspecified atom stereocenters. The second-order valence-corrected chi connectivity index (χ2v) is 9.95. The number of amides is 2. The first kappa shape index (κ1) is 21.5. The van der Waals surface area contributed by atoms with Crippen molar-refractivity contribution in [2.45, 2.75) is 25.3 Å². The van der Waals surface area contributed by atoms with E-state index in [4.69, 9.17) is 4.98 Å². The molecule has 0 saturated carbocycles. The van der Waals surface area contributed by atoms with Gasteiger partial charge in [0.2, 0.25) is 11.8 Å². The summed E-state index contributed by atoms with van der Waals surface area (Å²) < 4.78 is 1.94. The molecule has 1 atom stereocenters. The largest absolute Gasteiger partial charge is 0.333 e. The Morgan fingerprint density at radius 3 is 2.76 bits per heavy atom. The van der Waals surface area contributed by atoms with E-state index in [1.165, 1.54) is 11.3 Å². The summed E-state index contributed by atoms with van der Waals surface area (Å²) in [5.41, 5.74) is 1.74. The lowest BCUT2D eigenvalue weighted by Gasteiger charge is -2.23. The van der Waals surface area contributed by atoms with E-state index < -0.39 is 6.04 Å². The Labute approximate surface area is 199 Å². The topological polar surface area (TPSA) is 80.1 Å². The number of rotatable bonds is 6. The number of carbonyl (C=O) groups excluding carboxylic acids is 2. The van der Waals surface area contributed by atoms with E-state index in [1.54, 1.807) is 22.4 Å². The van der Waals surface area contributed by atoms with Crippen molar-refractivity contribution in [3.8, 4) is 22.0 Å². The average Bonchev–Trinajstić information content (AvgIpc) is 3.61. The van der Waals surface area contributed by atoms with Crippen molar-refractivity contribution in [2.75, 3.05) is 11.9 Å². The summed E-state index contributed by atoms with van der Waals surface area (Å²) in [7, 11) is 1.94. The minimum atomic E-state index is -0.474. The van der Waals surface area contributed by atoms with Gasteiger partial charge in [-0.15, -0.1) is 11.3 Å². The van der Waals surface area contributed by atoms with Crippen molar-refractivity contribution in [3.05, 3.63) is 65.1 Å². The summed E-state index contributed by atoms with van der Waals surface area (Å²) in [6.07, 6.45) is 5.45. The lowest BCUT2D eigenvalue weighted by molar-refractivity contribution is -0.136. The summed E-state index contributed by atoms with van der Waals surface area (Å²) in [4.78, 5) is 38.9. The molecule has 4 heterocycles. The molecular formula is C24H23N5O2S2. The molecular weight excluding hydrogens is 454 g/mol. The second kappa shape index (κ2) is 9.29. The molecule has 1 aliphatic rings. The van der Waals surface area contributed by atoms with Crippen LogP contribution in [0.15, 0.2) is 60.2 Å². The zero-order chi connectivity index (χ0) is 22.8. The zero-order valence-electron chi connectivity index (χ0n) is 18.1. The van der Waals surface area contributed by atoms with Gasteiger partial charge in [-0.3, -0.25) is 9.59 Å². The molecule has 168 valence electrons. The molecule has 1 aromatic carbocycles. The fourth-order valence-electron chi connectivity index (χ4n) is 4.09. The molecule has 1 fully saturated rings. The van der Waals surface area contributed by atoms with Crippen molar-refractivity contribution < 1.29 is 9.59 Å². The molecule has 0 spiro atoms. The summed E-state index contributed by atoms with van der Waals surface area (Å²) >= 11 is 2.96. The number of carbonyl (C=O) groups is 2. The summed E-state index contributed by atoms with van der Waals surface area (Å²) in [5.74, 6) is 0.597. The molecule has 3 aromatic heterocycles. The third kappa shape index (κ3) is 4.46. The maximum Gasteiger partial charge on any atom is 0.248 e. The Balaban J connectivity index is 1.38. The Bertz CT molecular complexity index is 1260. The number of nitrogens with one attached hydrogen (secondary N) is 1. The van der Waals surface area contributed by atoms with Gasteiger partial charge in [0.25, 0.3) is 0 Å². The number of anilines is 1. The number of imidazole rings is 1. The van der Waals surface area contributed by atoms with E-state index in [9.17, 15) is 9.59 Å². The van der Waals surface area contributed by atoms with Crippen LogP contribution in [0.2, 0.25) is 0 Å². The van der Waals surface area contributed by atoms with Crippen molar-refractivity contribution in [2.24, 2.45) is 7.05 Å². The average molecular weight is 478 g/mol. The zero-order valence-corrected chi connectivity index (χ0v) is 19.7. The van der Waals surface area contributed by atoms with Crippen molar-refractivity contribution in [1.29, 1.82) is 0 Å². The van der Waals surface area contributed by atoms with Crippen LogP contribution >= 0.6 is 22.7 Å². The van der Waals surface area contributed by atoms with Crippen LogP contribution in [0.1, 0.15) is 17.7 Å². The molecule has 1 aliphatic heterocycles. The first-order chi connectivity index (χ1) is 16.1. The lowest BCUT2D eigenvalue weighted by atomic mass is 10.1. The SMILES string of the molecule is Cn1ccnc1-c1sc(NC(=O)C2CCCN2C(=O)Cc2cccs2)nc1-c1ccccc1. The minimum Gasteiger partial charge on any atom is -0.333 e. The number of benzene rings is 1. The first-order valence-corrected chi connectivity index (χ1v) is 12.5. The molecule has 0 radical (unpaired) electrons. The van der Waals surface area contributed by atoms with Crippen LogP contribution in [0.25, 0.3) is 22.0 Å². The summed E-state index contributed by atoms with van der Waals surface area (Å²) in [6, 6.07) is 13.3. The molecule has 4 aromatic rings. The first-order valence-electron chi connectivity index (χ1n) is 10.8. The fourth-order valence-corrected chi connectivity index (χ4v) is 5.82. The highest BCUT2D eigenvalue weighted by molar-refractivity contribution is 7.19. The number of aromatic nitrogens is 3. The number of likely N-dealkylation sites (tertiary alicyclic amines) is 1. The highest BCUT2D eigenvalue weighted by Crippen LogP contribution is 2.38. The van der Waals surface area contributed by atoms with Crippen LogP contribution in [0, 0.1) is 0 Å². The molecule has 1 N–H and O–H groups in total. The normalized spacial score (nSPS) is 15.7. The fraction of sp³-hybridized carbons (Fsp3) is 0.250. The number of nitrogens with zero attached hydrogens (tertiary/aromatic N) is 4. The monoisotopic (exact) mass is 477 g/mol. The number of hydrogen-bond donors (Lipinski definition) is 1. The van der Waals surface area contributed by atoms with Crippen molar-refractivity contribution in [1.82, 2.24) is 19.4 Å². The van der Waals surface area contributed by atoms with Gasteiger partial charge in [-0.1, -0.05) is 47.7 Å². The lowest BCUT2D eigenvalue weighted by Crippen LogP contribution is -2.43. The summed E-state index contributed by atoms with van der Waals surface area (Å²) in [5, 5.41) is 5.45. The standard InChI is InChI=1S/C24H23N5O2S2/c1-28-13-11-25-22(28)21-20(16-7-3-2-4-8-16)26-24(33-21)27-23(31)18-10-5-12-29(18)19(30)15-17-9-6-14-32-17/h2-4,6-9,11,13-14,18H,5,10,12,15H2,1H3,(H,26,27,31). The highest BCUT2D eigenvalue weighted by atomic mass is 32.1. The number of thiophene rings is 1. The summed E-state index contributed by atoms with van der Waals surface area (Å²) in [6.45, 7) is 0.605. The van der Waals surface area contributed by atoms with Crippen LogP contribution in [0.4, 0.5) is 5.13 Å². The van der Waals surface area contributed by atoms with Gasteiger partial charge in [0.1, 0.15) is 6.04 Å². The maximum absolute atomic E-state index is 13.2. The Morgan fingerprint density at radius 2 is 2.03 bits per heavy atom. The van der Waals surface area contributed by atoms with E-state index in [0.29, 0.717) is 24.5 Å². The molecule has 2 amide bonds. The molecule has 7 nitrogen and oxygen atoms in total. The minimum absolute atomic E-state index is 0.00656. The van der Waals surface area contributed by atoms with Crippen LogP contribution in [0.5, 0.6) is 0 Å². The predicted octanol–water partition coefficient (Wildman–Crippen LogP) is 4.44. The molecule has 9 heteroatoms. The van der Waals surface area contributed by atoms with E-state index in [1.807, 2.05) is 65.7 Å². The third-order valence-electron chi connectivity index (χ3n) is 5.71. The smallest absolute Gasteiger partial charge is 0.248 e. The van der Waals surface area contributed by atoms with E-state index in [-0.39, 0.29) is 11.8 Å². The number of hydrogen-bond acceptors (Lipinski definition) is 6. The van der Waals surface area contributed by atoms with Gasteiger partial charge in [-0.05, 0) is 24.3 Å².